The van der Waals surface area contributed by atoms with Gasteiger partial charge >= 0.3 is 0 Å². The van der Waals surface area contributed by atoms with Crippen LogP contribution in [0.15, 0.2) is 79.4 Å². The lowest BCUT2D eigenvalue weighted by atomic mass is 9.98. The minimum absolute atomic E-state index is 0.162. The Labute approximate surface area is 236 Å². The SMILES string of the molecule is CC(C)(C)N1CC(n2cc(-c3ccc4ncnc(Nc5ccc6nn(Cc7cccc(F)c7)cc6c5)c4c3)nn2)C1. The molecule has 0 bridgehead atoms. The minimum Gasteiger partial charge on any atom is -0.340 e. The third-order valence-electron chi connectivity index (χ3n) is 7.67. The van der Waals surface area contributed by atoms with Crippen molar-refractivity contribution in [3.05, 3.63) is 90.8 Å². The van der Waals surface area contributed by atoms with Crippen molar-refractivity contribution < 1.29 is 4.39 Å². The Morgan fingerprint density at radius 3 is 2.63 bits per heavy atom. The Balaban J connectivity index is 1.13. The molecule has 0 radical (unpaired) electrons. The molecule has 9 nitrogen and oxygen atoms in total. The Hall–Kier alpha value is -4.70. The number of likely N-dealkylation sites (tertiary alicyclic amines) is 1. The first-order chi connectivity index (χ1) is 19.8. The number of nitrogens with zero attached hydrogens (tertiary/aromatic N) is 8. The van der Waals surface area contributed by atoms with Crippen LogP contribution in [0, 0.1) is 5.82 Å². The zero-order chi connectivity index (χ0) is 28.1. The van der Waals surface area contributed by atoms with Crippen molar-refractivity contribution >= 4 is 33.3 Å². The highest BCUT2D eigenvalue weighted by atomic mass is 19.1. The van der Waals surface area contributed by atoms with E-state index in [1.165, 1.54) is 12.1 Å². The van der Waals surface area contributed by atoms with Gasteiger partial charge in [0, 0.05) is 46.8 Å². The van der Waals surface area contributed by atoms with Gasteiger partial charge in [-0.15, -0.1) is 5.10 Å². The van der Waals surface area contributed by atoms with Gasteiger partial charge in [0.05, 0.1) is 29.8 Å². The zero-order valence-electron chi connectivity index (χ0n) is 23.2. The van der Waals surface area contributed by atoms with E-state index >= 15 is 0 Å². The van der Waals surface area contributed by atoms with Crippen LogP contribution < -0.4 is 5.32 Å². The van der Waals surface area contributed by atoms with E-state index in [0.29, 0.717) is 18.4 Å². The number of nitrogens with one attached hydrogen (secondary N) is 1. The third kappa shape index (κ3) is 5.02. The summed E-state index contributed by atoms with van der Waals surface area (Å²) in [7, 11) is 0. The van der Waals surface area contributed by atoms with Crippen LogP contribution in [0.1, 0.15) is 32.4 Å². The number of aromatic nitrogens is 7. The van der Waals surface area contributed by atoms with E-state index in [9.17, 15) is 4.39 Å². The van der Waals surface area contributed by atoms with Crippen molar-refractivity contribution in [1.82, 2.24) is 39.6 Å². The Morgan fingerprint density at radius 2 is 1.80 bits per heavy atom. The molecule has 0 atom stereocenters. The molecular weight excluding hydrogens is 517 g/mol. The second-order valence-corrected chi connectivity index (χ2v) is 11.6. The lowest BCUT2D eigenvalue weighted by Crippen LogP contribution is -2.56. The quantitative estimate of drug-likeness (QED) is 0.281. The second kappa shape index (κ2) is 9.74. The molecule has 1 aliphatic heterocycles. The highest BCUT2D eigenvalue weighted by molar-refractivity contribution is 5.94. The van der Waals surface area contributed by atoms with Crippen LogP contribution in [-0.2, 0) is 6.54 Å². The third-order valence-corrected chi connectivity index (χ3v) is 7.67. The van der Waals surface area contributed by atoms with E-state index in [-0.39, 0.29) is 11.4 Å². The standard InChI is InChI=1S/C31H30FN9/c1-31(2,3)39-16-25(17-39)41-18-29(36-38-41)21-7-9-28-26(13-21)30(34-19-33-28)35-24-8-10-27-22(12-24)15-40(37-27)14-20-5-4-6-23(32)11-20/h4-13,15,18-19,25H,14,16-17H2,1-3H3,(H,33,34,35). The summed E-state index contributed by atoms with van der Waals surface area (Å²) in [5.41, 5.74) is 5.39. The highest BCUT2D eigenvalue weighted by Gasteiger charge is 2.36. The van der Waals surface area contributed by atoms with E-state index in [0.717, 1.165) is 57.4 Å². The van der Waals surface area contributed by atoms with Crippen LogP contribution in [0.3, 0.4) is 0 Å². The molecule has 1 saturated heterocycles. The van der Waals surface area contributed by atoms with Gasteiger partial charge in [0.2, 0.25) is 0 Å². The fourth-order valence-electron chi connectivity index (χ4n) is 5.27. The normalized spacial score (nSPS) is 14.5. The first kappa shape index (κ1) is 25.3. The highest BCUT2D eigenvalue weighted by Crippen LogP contribution is 2.31. The maximum absolute atomic E-state index is 13.6. The number of anilines is 2. The minimum atomic E-state index is -0.249. The van der Waals surface area contributed by atoms with E-state index in [1.807, 2.05) is 58.2 Å². The maximum Gasteiger partial charge on any atom is 0.141 e. The fraction of sp³-hybridized carbons (Fsp3) is 0.258. The topological polar surface area (TPSA) is 89.6 Å². The molecule has 0 saturated carbocycles. The molecule has 4 heterocycles. The summed E-state index contributed by atoms with van der Waals surface area (Å²) in [6, 6.07) is 19.0. The largest absolute Gasteiger partial charge is 0.340 e. The van der Waals surface area contributed by atoms with Gasteiger partial charge in [0.15, 0.2) is 0 Å². The summed E-state index contributed by atoms with van der Waals surface area (Å²) < 4.78 is 17.4. The number of fused-ring (bicyclic) bond motifs is 2. The summed E-state index contributed by atoms with van der Waals surface area (Å²) in [6.45, 7) is 9.14. The predicted molar refractivity (Wildman–Crippen MR) is 157 cm³/mol. The van der Waals surface area contributed by atoms with Crippen molar-refractivity contribution in [1.29, 1.82) is 0 Å². The molecular formula is C31H30FN9. The van der Waals surface area contributed by atoms with Gasteiger partial charge in [0.1, 0.15) is 23.7 Å². The monoisotopic (exact) mass is 547 g/mol. The number of halogens is 1. The van der Waals surface area contributed by atoms with Gasteiger partial charge in [-0.1, -0.05) is 23.4 Å². The van der Waals surface area contributed by atoms with Gasteiger partial charge < -0.3 is 5.32 Å². The second-order valence-electron chi connectivity index (χ2n) is 11.6. The molecule has 0 aliphatic carbocycles. The van der Waals surface area contributed by atoms with Crippen molar-refractivity contribution in [2.75, 3.05) is 18.4 Å². The van der Waals surface area contributed by atoms with E-state index in [1.54, 1.807) is 12.4 Å². The fourth-order valence-corrected chi connectivity index (χ4v) is 5.27. The Kier molecular flexibility index (Phi) is 6.01. The molecule has 7 rings (SSSR count). The van der Waals surface area contributed by atoms with Crippen LogP contribution >= 0.6 is 0 Å². The number of hydrogen-bond acceptors (Lipinski definition) is 7. The molecule has 0 spiro atoms. The zero-order valence-corrected chi connectivity index (χ0v) is 23.2. The molecule has 6 aromatic rings. The van der Waals surface area contributed by atoms with E-state index in [4.69, 9.17) is 0 Å². The first-order valence-corrected chi connectivity index (χ1v) is 13.7. The van der Waals surface area contributed by atoms with Crippen molar-refractivity contribution in [2.24, 2.45) is 0 Å². The maximum atomic E-state index is 13.6. The predicted octanol–water partition coefficient (Wildman–Crippen LogP) is 5.82. The molecule has 0 amide bonds. The van der Waals surface area contributed by atoms with Gasteiger partial charge in [-0.2, -0.15) is 5.10 Å². The van der Waals surface area contributed by atoms with Gasteiger partial charge in [-0.05, 0) is 68.8 Å². The van der Waals surface area contributed by atoms with Crippen molar-refractivity contribution in [3.8, 4) is 11.3 Å². The summed E-state index contributed by atoms with van der Waals surface area (Å²) in [4.78, 5) is 11.5. The molecule has 10 heteroatoms. The molecule has 41 heavy (non-hydrogen) atoms. The lowest BCUT2D eigenvalue weighted by molar-refractivity contribution is 0.0148. The summed E-state index contributed by atoms with van der Waals surface area (Å²) in [6.07, 6.45) is 5.56. The molecule has 3 aromatic heterocycles. The Bertz CT molecular complexity index is 1880. The average Bonchev–Trinajstić information content (AvgIpc) is 3.54. The molecule has 0 unspecified atom stereocenters. The average molecular weight is 548 g/mol. The van der Waals surface area contributed by atoms with E-state index < -0.39 is 0 Å². The molecule has 3 aromatic carbocycles. The van der Waals surface area contributed by atoms with Gasteiger partial charge in [0.25, 0.3) is 0 Å². The van der Waals surface area contributed by atoms with Crippen LogP contribution in [0.5, 0.6) is 0 Å². The lowest BCUT2D eigenvalue weighted by Gasteiger charge is -2.47. The van der Waals surface area contributed by atoms with Crippen LogP contribution in [0.4, 0.5) is 15.9 Å². The molecule has 206 valence electrons. The van der Waals surface area contributed by atoms with Gasteiger partial charge in [-0.25, -0.2) is 19.0 Å². The van der Waals surface area contributed by atoms with Crippen LogP contribution in [-0.4, -0.2) is 58.3 Å². The molecule has 1 aliphatic rings. The smallest absolute Gasteiger partial charge is 0.141 e. The van der Waals surface area contributed by atoms with Crippen LogP contribution in [0.2, 0.25) is 0 Å². The van der Waals surface area contributed by atoms with E-state index in [2.05, 4.69) is 62.4 Å². The summed E-state index contributed by atoms with van der Waals surface area (Å²) >= 11 is 0. The van der Waals surface area contributed by atoms with Crippen molar-refractivity contribution in [3.63, 3.8) is 0 Å². The van der Waals surface area contributed by atoms with Crippen LogP contribution in [0.25, 0.3) is 33.1 Å². The summed E-state index contributed by atoms with van der Waals surface area (Å²) in [5.74, 6) is 0.455. The molecule has 1 N–H and O–H groups in total. The first-order valence-electron chi connectivity index (χ1n) is 13.7. The number of rotatable bonds is 6. The Morgan fingerprint density at radius 1 is 0.951 bits per heavy atom. The molecule has 1 fully saturated rings. The van der Waals surface area contributed by atoms with Gasteiger partial charge in [-0.3, -0.25) is 9.58 Å². The number of benzene rings is 3. The summed E-state index contributed by atoms with van der Waals surface area (Å²) in [5, 5.41) is 18.9. The van der Waals surface area contributed by atoms with Crippen molar-refractivity contribution in [2.45, 2.75) is 38.9 Å². The number of hydrogen-bond donors (Lipinski definition) is 1.